The van der Waals surface area contributed by atoms with Gasteiger partial charge in [-0.1, -0.05) is 18.2 Å². The predicted octanol–water partition coefficient (Wildman–Crippen LogP) is 1.24. The number of primary amides is 1. The molecule has 4 heteroatoms. The third kappa shape index (κ3) is 1.97. The fraction of sp³-hybridized carbons (Fsp3) is 0.0769. The maximum atomic E-state index is 12.1. The molecule has 1 amide bonds. The topological polar surface area (TPSA) is 65.1 Å². The van der Waals surface area contributed by atoms with E-state index in [-0.39, 0.29) is 11.1 Å². The second kappa shape index (κ2) is 4.25. The van der Waals surface area contributed by atoms with E-state index in [0.717, 1.165) is 11.4 Å². The molecule has 2 aromatic rings. The van der Waals surface area contributed by atoms with E-state index >= 15 is 0 Å². The van der Waals surface area contributed by atoms with Crippen molar-refractivity contribution in [1.29, 1.82) is 0 Å². The number of carbonyl (C=O) groups is 1. The van der Waals surface area contributed by atoms with E-state index in [4.69, 9.17) is 5.73 Å². The van der Waals surface area contributed by atoms with E-state index < -0.39 is 5.91 Å². The molecule has 0 saturated heterocycles. The first kappa shape index (κ1) is 11.1. The number of hydrogen-bond acceptors (Lipinski definition) is 2. The molecule has 0 aliphatic heterocycles. The summed E-state index contributed by atoms with van der Waals surface area (Å²) in [6.45, 7) is 1.80. The average molecular weight is 228 g/mol. The van der Waals surface area contributed by atoms with Gasteiger partial charge < -0.3 is 5.73 Å². The van der Waals surface area contributed by atoms with Gasteiger partial charge in [0.25, 0.3) is 11.5 Å². The molecule has 0 bridgehead atoms. The minimum absolute atomic E-state index is 0.000506. The molecule has 1 aromatic heterocycles. The monoisotopic (exact) mass is 228 g/mol. The Kier molecular flexibility index (Phi) is 2.78. The highest BCUT2D eigenvalue weighted by Crippen LogP contribution is 2.08. The molecule has 86 valence electrons. The first-order valence-corrected chi connectivity index (χ1v) is 5.19. The first-order chi connectivity index (χ1) is 8.11. The van der Waals surface area contributed by atoms with Gasteiger partial charge in [-0.15, -0.1) is 0 Å². The average Bonchev–Trinajstić information content (AvgIpc) is 2.30. The molecule has 2 rings (SSSR count). The number of para-hydroxylation sites is 1. The standard InChI is InChI=1S/C13H12N2O2/c1-9-7-8-11(12(14)16)13(17)15(9)10-5-3-2-4-6-10/h2-8H,1H3,(H2,14,16). The van der Waals surface area contributed by atoms with E-state index in [1.54, 1.807) is 25.1 Å². The Balaban J connectivity index is 2.74. The van der Waals surface area contributed by atoms with Gasteiger partial charge in [0.2, 0.25) is 0 Å². The number of pyridine rings is 1. The molecule has 4 nitrogen and oxygen atoms in total. The molecule has 0 spiro atoms. The van der Waals surface area contributed by atoms with Gasteiger partial charge in [-0.25, -0.2) is 0 Å². The quantitative estimate of drug-likeness (QED) is 0.840. The summed E-state index contributed by atoms with van der Waals surface area (Å²) in [5, 5.41) is 0. The molecule has 0 atom stereocenters. The van der Waals surface area contributed by atoms with Crippen molar-refractivity contribution in [1.82, 2.24) is 4.57 Å². The van der Waals surface area contributed by atoms with Gasteiger partial charge in [0.15, 0.2) is 0 Å². The lowest BCUT2D eigenvalue weighted by molar-refractivity contribution is 0.0998. The van der Waals surface area contributed by atoms with Gasteiger partial charge in [0.1, 0.15) is 5.56 Å². The van der Waals surface area contributed by atoms with Crippen molar-refractivity contribution in [3.8, 4) is 5.69 Å². The molecular weight excluding hydrogens is 216 g/mol. The van der Waals surface area contributed by atoms with Crippen LogP contribution in [0.25, 0.3) is 5.69 Å². The molecule has 17 heavy (non-hydrogen) atoms. The number of rotatable bonds is 2. The molecule has 1 heterocycles. The molecule has 0 saturated carbocycles. The minimum atomic E-state index is -0.709. The lowest BCUT2D eigenvalue weighted by Gasteiger charge is -2.10. The zero-order chi connectivity index (χ0) is 12.4. The maximum absolute atomic E-state index is 12.1. The van der Waals surface area contributed by atoms with Crippen LogP contribution in [0, 0.1) is 6.92 Å². The number of amides is 1. The van der Waals surface area contributed by atoms with Gasteiger partial charge in [-0.2, -0.15) is 0 Å². The number of hydrogen-bond donors (Lipinski definition) is 1. The van der Waals surface area contributed by atoms with E-state index in [1.165, 1.54) is 10.6 Å². The number of nitrogens with zero attached hydrogens (tertiary/aromatic N) is 1. The van der Waals surface area contributed by atoms with Crippen LogP contribution in [0.3, 0.4) is 0 Å². The van der Waals surface area contributed by atoms with Gasteiger partial charge in [0, 0.05) is 11.4 Å². The Morgan fingerprint density at radius 1 is 1.12 bits per heavy atom. The van der Waals surface area contributed by atoms with Crippen LogP contribution in [0.1, 0.15) is 16.1 Å². The van der Waals surface area contributed by atoms with Gasteiger partial charge in [0.05, 0.1) is 0 Å². The van der Waals surface area contributed by atoms with Crippen molar-refractivity contribution < 1.29 is 4.79 Å². The summed E-state index contributed by atoms with van der Waals surface area (Å²) in [4.78, 5) is 23.2. The van der Waals surface area contributed by atoms with Gasteiger partial charge in [-0.3, -0.25) is 14.2 Å². The highest BCUT2D eigenvalue weighted by Gasteiger charge is 2.11. The van der Waals surface area contributed by atoms with Crippen molar-refractivity contribution in [3.63, 3.8) is 0 Å². The van der Waals surface area contributed by atoms with Crippen molar-refractivity contribution in [2.24, 2.45) is 5.73 Å². The summed E-state index contributed by atoms with van der Waals surface area (Å²) in [7, 11) is 0. The maximum Gasteiger partial charge on any atom is 0.268 e. The molecular formula is C13H12N2O2. The molecule has 0 fully saturated rings. The van der Waals surface area contributed by atoms with Crippen LogP contribution in [0.15, 0.2) is 47.3 Å². The molecule has 2 N–H and O–H groups in total. The van der Waals surface area contributed by atoms with E-state index in [9.17, 15) is 9.59 Å². The van der Waals surface area contributed by atoms with E-state index in [1.807, 2.05) is 18.2 Å². The second-order valence-corrected chi connectivity index (χ2v) is 3.73. The van der Waals surface area contributed by atoms with E-state index in [2.05, 4.69) is 0 Å². The van der Waals surface area contributed by atoms with Crippen LogP contribution in [0.5, 0.6) is 0 Å². The summed E-state index contributed by atoms with van der Waals surface area (Å²) in [6, 6.07) is 12.3. The predicted molar refractivity (Wildman–Crippen MR) is 65.3 cm³/mol. The molecule has 0 aliphatic carbocycles. The van der Waals surface area contributed by atoms with Crippen LogP contribution in [0.2, 0.25) is 0 Å². The summed E-state index contributed by atoms with van der Waals surface area (Å²) in [6.07, 6.45) is 0. The first-order valence-electron chi connectivity index (χ1n) is 5.19. The summed E-state index contributed by atoms with van der Waals surface area (Å²) in [5.41, 5.74) is 6.25. The van der Waals surface area contributed by atoms with Gasteiger partial charge in [-0.05, 0) is 31.2 Å². The van der Waals surface area contributed by atoms with E-state index in [0.29, 0.717) is 0 Å². The zero-order valence-corrected chi connectivity index (χ0v) is 9.38. The number of carbonyl (C=O) groups excluding carboxylic acids is 1. The van der Waals surface area contributed by atoms with Crippen molar-refractivity contribution >= 4 is 5.91 Å². The highest BCUT2D eigenvalue weighted by molar-refractivity contribution is 5.92. The van der Waals surface area contributed by atoms with Crippen LogP contribution in [-0.2, 0) is 0 Å². The Morgan fingerprint density at radius 3 is 2.35 bits per heavy atom. The largest absolute Gasteiger partial charge is 0.365 e. The van der Waals surface area contributed by atoms with Crippen molar-refractivity contribution in [2.45, 2.75) is 6.92 Å². The lowest BCUT2D eigenvalue weighted by Crippen LogP contribution is -2.29. The highest BCUT2D eigenvalue weighted by atomic mass is 16.2. The number of nitrogens with two attached hydrogens (primary N) is 1. The smallest absolute Gasteiger partial charge is 0.268 e. The SMILES string of the molecule is Cc1ccc(C(N)=O)c(=O)n1-c1ccccc1. The minimum Gasteiger partial charge on any atom is -0.365 e. The molecule has 1 aromatic carbocycles. The Hall–Kier alpha value is -2.36. The van der Waals surface area contributed by atoms with Crippen molar-refractivity contribution in [2.75, 3.05) is 0 Å². The Labute approximate surface area is 98.3 Å². The van der Waals surface area contributed by atoms with Crippen LogP contribution in [0.4, 0.5) is 0 Å². The van der Waals surface area contributed by atoms with Crippen LogP contribution in [-0.4, -0.2) is 10.5 Å². The third-order valence-corrected chi connectivity index (χ3v) is 2.56. The number of benzene rings is 1. The summed E-state index contributed by atoms with van der Waals surface area (Å²) >= 11 is 0. The Morgan fingerprint density at radius 2 is 1.76 bits per heavy atom. The molecule has 0 radical (unpaired) electrons. The fourth-order valence-electron chi connectivity index (χ4n) is 1.72. The third-order valence-electron chi connectivity index (χ3n) is 2.56. The zero-order valence-electron chi connectivity index (χ0n) is 9.38. The van der Waals surface area contributed by atoms with Gasteiger partial charge >= 0.3 is 0 Å². The Bertz CT molecular complexity index is 615. The summed E-state index contributed by atoms with van der Waals surface area (Å²) < 4.78 is 1.47. The van der Waals surface area contributed by atoms with Crippen LogP contribution < -0.4 is 11.3 Å². The number of aromatic nitrogens is 1. The number of aryl methyl sites for hydroxylation is 1. The second-order valence-electron chi connectivity index (χ2n) is 3.73. The van der Waals surface area contributed by atoms with Crippen LogP contribution >= 0.6 is 0 Å². The normalized spacial score (nSPS) is 10.2. The lowest BCUT2D eigenvalue weighted by atomic mass is 10.2. The van der Waals surface area contributed by atoms with Crippen molar-refractivity contribution in [3.05, 3.63) is 64.1 Å². The molecule has 0 unspecified atom stereocenters. The fourth-order valence-corrected chi connectivity index (χ4v) is 1.72. The summed E-state index contributed by atoms with van der Waals surface area (Å²) in [5.74, 6) is -0.709. The molecule has 0 aliphatic rings.